The molecule has 2 atom stereocenters. The summed E-state index contributed by atoms with van der Waals surface area (Å²) in [6.45, 7) is 5.06. The Bertz CT molecular complexity index is 248. The molecule has 1 aliphatic heterocycles. The largest absolute Gasteiger partial charge is 0.401 e. The van der Waals surface area contributed by atoms with Crippen molar-refractivity contribution in [2.45, 2.75) is 39.3 Å². The number of halogens is 3. The highest BCUT2D eigenvalue weighted by Gasteiger charge is 2.39. The second-order valence-electron chi connectivity index (χ2n) is 6.25. The van der Waals surface area contributed by atoms with Gasteiger partial charge in [-0.25, -0.2) is 0 Å². The molecule has 1 heterocycles. The van der Waals surface area contributed by atoms with Gasteiger partial charge >= 0.3 is 6.18 Å². The van der Waals surface area contributed by atoms with Crippen LogP contribution in [0.4, 0.5) is 13.2 Å². The SMILES string of the molecule is CC(C)C1CC2CC(C1)CN(CC(F)(F)F)C2. The van der Waals surface area contributed by atoms with Gasteiger partial charge in [-0.3, -0.25) is 4.90 Å². The van der Waals surface area contributed by atoms with E-state index in [1.807, 2.05) is 0 Å². The fraction of sp³-hybridized carbons (Fsp3) is 1.00. The first kappa shape index (κ1) is 13.2. The Morgan fingerprint density at radius 2 is 1.59 bits per heavy atom. The van der Waals surface area contributed by atoms with Crippen molar-refractivity contribution in [1.82, 2.24) is 4.90 Å². The number of fused-ring (bicyclic) bond motifs is 2. The fourth-order valence-corrected chi connectivity index (χ4v) is 3.65. The molecule has 0 aromatic heterocycles. The Morgan fingerprint density at radius 3 is 2.00 bits per heavy atom. The number of piperidine rings is 1. The first-order chi connectivity index (χ1) is 7.83. The van der Waals surface area contributed by atoms with E-state index >= 15 is 0 Å². The molecule has 0 aromatic carbocycles. The summed E-state index contributed by atoms with van der Waals surface area (Å²) in [6, 6.07) is 0. The predicted octanol–water partition coefficient (Wildman–Crippen LogP) is 3.55. The van der Waals surface area contributed by atoms with E-state index < -0.39 is 12.7 Å². The number of alkyl halides is 3. The fourth-order valence-electron chi connectivity index (χ4n) is 3.65. The minimum atomic E-state index is -4.04. The second-order valence-corrected chi connectivity index (χ2v) is 6.25. The maximum atomic E-state index is 12.4. The zero-order valence-corrected chi connectivity index (χ0v) is 10.6. The van der Waals surface area contributed by atoms with Crippen molar-refractivity contribution in [1.29, 1.82) is 0 Å². The van der Waals surface area contributed by atoms with Gasteiger partial charge in [-0.2, -0.15) is 13.2 Å². The number of rotatable bonds is 2. The molecule has 0 aromatic rings. The van der Waals surface area contributed by atoms with Gasteiger partial charge in [0, 0.05) is 13.1 Å². The van der Waals surface area contributed by atoms with E-state index in [9.17, 15) is 13.2 Å². The standard InChI is InChI=1S/C13H22F3N/c1-9(2)12-4-10-3-11(5-12)7-17(6-10)8-13(14,15)16/h9-12H,3-8H2,1-2H3. The Balaban J connectivity index is 1.91. The summed E-state index contributed by atoms with van der Waals surface area (Å²) in [5.74, 6) is 2.40. The van der Waals surface area contributed by atoms with E-state index in [1.54, 1.807) is 4.90 Å². The molecule has 2 unspecified atom stereocenters. The smallest absolute Gasteiger partial charge is 0.294 e. The molecule has 2 rings (SSSR count). The quantitative estimate of drug-likeness (QED) is 0.723. The van der Waals surface area contributed by atoms with Crippen LogP contribution in [0, 0.1) is 23.7 Å². The highest BCUT2D eigenvalue weighted by atomic mass is 19.4. The van der Waals surface area contributed by atoms with Gasteiger partial charge in [0.2, 0.25) is 0 Å². The van der Waals surface area contributed by atoms with Crippen LogP contribution >= 0.6 is 0 Å². The Labute approximate surface area is 101 Å². The van der Waals surface area contributed by atoms with E-state index in [0.29, 0.717) is 30.8 Å². The van der Waals surface area contributed by atoms with Crippen LogP contribution in [-0.4, -0.2) is 30.7 Å². The average Bonchev–Trinajstić information content (AvgIpc) is 2.12. The van der Waals surface area contributed by atoms with E-state index in [0.717, 1.165) is 25.2 Å². The molecule has 100 valence electrons. The van der Waals surface area contributed by atoms with E-state index in [2.05, 4.69) is 13.8 Å². The third-order valence-corrected chi connectivity index (χ3v) is 4.32. The Kier molecular flexibility index (Phi) is 3.71. The predicted molar refractivity (Wildman–Crippen MR) is 61.7 cm³/mol. The number of hydrogen-bond acceptors (Lipinski definition) is 1. The minimum absolute atomic E-state index is 0.497. The molecule has 1 saturated heterocycles. The number of nitrogens with zero attached hydrogens (tertiary/aromatic N) is 1. The lowest BCUT2D eigenvalue weighted by Crippen LogP contribution is -2.48. The summed E-state index contributed by atoms with van der Waals surface area (Å²) in [5, 5.41) is 0. The highest BCUT2D eigenvalue weighted by molar-refractivity contribution is 4.88. The van der Waals surface area contributed by atoms with Crippen molar-refractivity contribution in [3.63, 3.8) is 0 Å². The van der Waals surface area contributed by atoms with Gasteiger partial charge < -0.3 is 0 Å². The summed E-state index contributed by atoms with van der Waals surface area (Å²) in [5.41, 5.74) is 0. The lowest BCUT2D eigenvalue weighted by atomic mass is 9.69. The lowest BCUT2D eigenvalue weighted by molar-refractivity contribution is -0.154. The topological polar surface area (TPSA) is 3.24 Å². The molecule has 4 heteroatoms. The molecule has 0 amide bonds. The van der Waals surface area contributed by atoms with Gasteiger partial charge in [0.1, 0.15) is 0 Å². The van der Waals surface area contributed by atoms with Gasteiger partial charge in [0.05, 0.1) is 6.54 Å². The summed E-state index contributed by atoms with van der Waals surface area (Å²) < 4.78 is 37.1. The van der Waals surface area contributed by atoms with Crippen LogP contribution < -0.4 is 0 Å². The zero-order valence-electron chi connectivity index (χ0n) is 10.6. The maximum Gasteiger partial charge on any atom is 0.401 e. The average molecular weight is 249 g/mol. The van der Waals surface area contributed by atoms with Crippen LogP contribution in [0.3, 0.4) is 0 Å². The molecule has 0 N–H and O–H groups in total. The van der Waals surface area contributed by atoms with Gasteiger partial charge in [0.25, 0.3) is 0 Å². The molecular weight excluding hydrogens is 227 g/mol. The molecule has 1 aliphatic carbocycles. The maximum absolute atomic E-state index is 12.4. The van der Waals surface area contributed by atoms with E-state index in [-0.39, 0.29) is 0 Å². The number of hydrogen-bond donors (Lipinski definition) is 0. The van der Waals surface area contributed by atoms with Crippen LogP contribution in [0.5, 0.6) is 0 Å². The summed E-state index contributed by atoms with van der Waals surface area (Å²) in [4.78, 5) is 1.62. The molecule has 0 spiro atoms. The first-order valence-corrected chi connectivity index (χ1v) is 6.62. The molecule has 1 saturated carbocycles. The first-order valence-electron chi connectivity index (χ1n) is 6.62. The van der Waals surface area contributed by atoms with Crippen LogP contribution in [0.2, 0.25) is 0 Å². The van der Waals surface area contributed by atoms with Gasteiger partial charge in [-0.05, 0) is 42.9 Å². The molecular formula is C13H22F3N. The van der Waals surface area contributed by atoms with Crippen molar-refractivity contribution in [2.24, 2.45) is 23.7 Å². The molecule has 2 fully saturated rings. The minimum Gasteiger partial charge on any atom is -0.294 e. The van der Waals surface area contributed by atoms with Crippen LogP contribution in [0.25, 0.3) is 0 Å². The molecule has 2 aliphatic rings. The van der Waals surface area contributed by atoms with Gasteiger partial charge in [0.15, 0.2) is 0 Å². The Morgan fingerprint density at radius 1 is 1.06 bits per heavy atom. The van der Waals surface area contributed by atoms with Gasteiger partial charge in [-0.1, -0.05) is 13.8 Å². The third kappa shape index (κ3) is 3.60. The van der Waals surface area contributed by atoms with Crippen molar-refractivity contribution in [3.8, 4) is 0 Å². The summed E-state index contributed by atoms with van der Waals surface area (Å²) in [7, 11) is 0. The van der Waals surface area contributed by atoms with E-state index in [1.165, 1.54) is 0 Å². The molecule has 2 bridgehead atoms. The Hall–Kier alpha value is -0.250. The monoisotopic (exact) mass is 249 g/mol. The lowest BCUT2D eigenvalue weighted by Gasteiger charge is -2.45. The van der Waals surface area contributed by atoms with Gasteiger partial charge in [-0.15, -0.1) is 0 Å². The molecule has 1 nitrogen and oxygen atoms in total. The molecule has 17 heavy (non-hydrogen) atoms. The third-order valence-electron chi connectivity index (χ3n) is 4.32. The highest BCUT2D eigenvalue weighted by Crippen LogP contribution is 2.41. The van der Waals surface area contributed by atoms with Crippen molar-refractivity contribution < 1.29 is 13.2 Å². The van der Waals surface area contributed by atoms with Crippen LogP contribution in [0.1, 0.15) is 33.1 Å². The van der Waals surface area contributed by atoms with E-state index in [4.69, 9.17) is 0 Å². The molecule has 0 radical (unpaired) electrons. The van der Waals surface area contributed by atoms with Crippen LogP contribution in [-0.2, 0) is 0 Å². The van der Waals surface area contributed by atoms with Crippen molar-refractivity contribution in [3.05, 3.63) is 0 Å². The normalized spacial score (nSPS) is 35.3. The number of likely N-dealkylation sites (tertiary alicyclic amines) is 1. The van der Waals surface area contributed by atoms with Crippen molar-refractivity contribution >= 4 is 0 Å². The second kappa shape index (κ2) is 4.79. The van der Waals surface area contributed by atoms with Crippen molar-refractivity contribution in [2.75, 3.05) is 19.6 Å². The van der Waals surface area contributed by atoms with Crippen LogP contribution in [0.15, 0.2) is 0 Å². The summed E-state index contributed by atoms with van der Waals surface area (Å²) in [6.07, 6.45) is -0.633. The summed E-state index contributed by atoms with van der Waals surface area (Å²) >= 11 is 0. The zero-order chi connectivity index (χ0) is 12.6.